The SMILES string of the molecule is CCC1CCCC1NCC1CCCN(C(=O)OC(C)(C)C)C1. The molecule has 2 rings (SSSR count). The highest BCUT2D eigenvalue weighted by molar-refractivity contribution is 5.68. The van der Waals surface area contributed by atoms with Crippen molar-refractivity contribution in [2.45, 2.75) is 77.9 Å². The highest BCUT2D eigenvalue weighted by atomic mass is 16.6. The molecule has 0 aromatic carbocycles. The van der Waals surface area contributed by atoms with E-state index in [9.17, 15) is 4.79 Å². The van der Waals surface area contributed by atoms with Crippen LogP contribution in [0.5, 0.6) is 0 Å². The maximum absolute atomic E-state index is 12.2. The third-order valence-corrected chi connectivity index (χ3v) is 5.02. The minimum absolute atomic E-state index is 0.149. The van der Waals surface area contributed by atoms with Crippen LogP contribution in [0, 0.1) is 11.8 Å². The van der Waals surface area contributed by atoms with Crippen molar-refractivity contribution in [2.24, 2.45) is 11.8 Å². The number of hydrogen-bond acceptors (Lipinski definition) is 3. The summed E-state index contributed by atoms with van der Waals surface area (Å²) in [7, 11) is 0. The number of nitrogens with one attached hydrogen (secondary N) is 1. The number of carbonyl (C=O) groups is 1. The van der Waals surface area contributed by atoms with Crippen molar-refractivity contribution in [3.05, 3.63) is 0 Å². The number of piperidine rings is 1. The lowest BCUT2D eigenvalue weighted by Crippen LogP contribution is -2.46. The summed E-state index contributed by atoms with van der Waals surface area (Å²) in [5.41, 5.74) is -0.402. The van der Waals surface area contributed by atoms with E-state index < -0.39 is 5.60 Å². The zero-order valence-electron chi connectivity index (χ0n) is 14.9. The molecule has 0 bridgehead atoms. The molecule has 4 heteroatoms. The lowest BCUT2D eigenvalue weighted by atomic mass is 9.96. The molecular formula is C18H34N2O2. The topological polar surface area (TPSA) is 41.6 Å². The molecule has 3 atom stereocenters. The first-order valence-electron chi connectivity index (χ1n) is 9.10. The summed E-state index contributed by atoms with van der Waals surface area (Å²) >= 11 is 0. The van der Waals surface area contributed by atoms with E-state index in [0.717, 1.165) is 32.0 Å². The Morgan fingerprint density at radius 3 is 2.68 bits per heavy atom. The maximum atomic E-state index is 12.2. The van der Waals surface area contributed by atoms with Crippen molar-refractivity contribution < 1.29 is 9.53 Å². The van der Waals surface area contributed by atoms with Crippen LogP contribution < -0.4 is 5.32 Å². The molecule has 0 radical (unpaired) electrons. The summed E-state index contributed by atoms with van der Waals surface area (Å²) in [5, 5.41) is 3.78. The highest BCUT2D eigenvalue weighted by Crippen LogP contribution is 2.28. The second-order valence-electron chi connectivity index (χ2n) is 8.05. The number of nitrogens with zero attached hydrogens (tertiary/aromatic N) is 1. The maximum Gasteiger partial charge on any atom is 0.410 e. The molecule has 1 aliphatic carbocycles. The lowest BCUT2D eigenvalue weighted by molar-refractivity contribution is 0.0164. The third kappa shape index (κ3) is 5.15. The molecule has 3 unspecified atom stereocenters. The number of rotatable bonds is 4. The van der Waals surface area contributed by atoms with Gasteiger partial charge in [0.1, 0.15) is 5.60 Å². The molecule has 1 saturated carbocycles. The molecule has 1 heterocycles. The van der Waals surface area contributed by atoms with Crippen LogP contribution in [0.2, 0.25) is 0 Å². The van der Waals surface area contributed by atoms with E-state index in [4.69, 9.17) is 4.74 Å². The van der Waals surface area contributed by atoms with Gasteiger partial charge in [0.25, 0.3) is 0 Å². The molecular weight excluding hydrogens is 276 g/mol. The van der Waals surface area contributed by atoms with E-state index in [-0.39, 0.29) is 6.09 Å². The Labute approximate surface area is 136 Å². The summed E-state index contributed by atoms with van der Waals surface area (Å²) in [6.45, 7) is 10.8. The quantitative estimate of drug-likeness (QED) is 0.858. The molecule has 0 aromatic rings. The van der Waals surface area contributed by atoms with Gasteiger partial charge >= 0.3 is 6.09 Å². The third-order valence-electron chi connectivity index (χ3n) is 5.02. The van der Waals surface area contributed by atoms with Crippen molar-refractivity contribution in [1.29, 1.82) is 0 Å². The normalized spacial score (nSPS) is 29.6. The van der Waals surface area contributed by atoms with Gasteiger partial charge in [-0.15, -0.1) is 0 Å². The molecule has 4 nitrogen and oxygen atoms in total. The average molecular weight is 310 g/mol. The molecule has 1 aliphatic heterocycles. The molecule has 128 valence electrons. The summed E-state index contributed by atoms with van der Waals surface area (Å²) in [6.07, 6.45) is 7.51. The monoisotopic (exact) mass is 310 g/mol. The van der Waals surface area contributed by atoms with E-state index >= 15 is 0 Å². The Kier molecular flexibility index (Phi) is 6.13. The van der Waals surface area contributed by atoms with Crippen molar-refractivity contribution >= 4 is 6.09 Å². The minimum atomic E-state index is -0.402. The molecule has 2 aliphatic rings. The Morgan fingerprint density at radius 2 is 2.00 bits per heavy atom. The smallest absolute Gasteiger partial charge is 0.410 e. The van der Waals surface area contributed by atoms with Crippen LogP contribution in [0.4, 0.5) is 4.79 Å². The van der Waals surface area contributed by atoms with Gasteiger partial charge in [0.05, 0.1) is 0 Å². The van der Waals surface area contributed by atoms with Crippen LogP contribution in [0.25, 0.3) is 0 Å². The van der Waals surface area contributed by atoms with Gasteiger partial charge in [-0.25, -0.2) is 4.79 Å². The van der Waals surface area contributed by atoms with Gasteiger partial charge in [0, 0.05) is 19.1 Å². The summed E-state index contributed by atoms with van der Waals surface area (Å²) in [6, 6.07) is 0.696. The fourth-order valence-corrected chi connectivity index (χ4v) is 3.84. The van der Waals surface area contributed by atoms with Crippen molar-refractivity contribution in [2.75, 3.05) is 19.6 Å². The molecule has 0 aromatic heterocycles. The summed E-state index contributed by atoms with van der Waals surface area (Å²) in [4.78, 5) is 14.1. The van der Waals surface area contributed by atoms with Crippen molar-refractivity contribution in [3.8, 4) is 0 Å². The highest BCUT2D eigenvalue weighted by Gasteiger charge is 2.29. The molecule has 22 heavy (non-hydrogen) atoms. The Morgan fingerprint density at radius 1 is 1.23 bits per heavy atom. The summed E-state index contributed by atoms with van der Waals surface area (Å²) < 4.78 is 5.50. The summed E-state index contributed by atoms with van der Waals surface area (Å²) in [5.74, 6) is 1.42. The molecule has 1 N–H and O–H groups in total. The van der Waals surface area contributed by atoms with Gasteiger partial charge in [0.2, 0.25) is 0 Å². The van der Waals surface area contributed by atoms with Crippen molar-refractivity contribution in [3.63, 3.8) is 0 Å². The minimum Gasteiger partial charge on any atom is -0.444 e. The van der Waals surface area contributed by atoms with Crippen LogP contribution in [-0.4, -0.2) is 42.3 Å². The van der Waals surface area contributed by atoms with Crippen LogP contribution >= 0.6 is 0 Å². The molecule has 0 spiro atoms. The predicted octanol–water partition coefficient (Wildman–Crippen LogP) is 3.80. The van der Waals surface area contributed by atoms with Gasteiger partial charge in [-0.1, -0.05) is 19.8 Å². The Bertz CT molecular complexity index is 365. The second-order valence-corrected chi connectivity index (χ2v) is 8.05. The van der Waals surface area contributed by atoms with Gasteiger partial charge in [0.15, 0.2) is 0 Å². The van der Waals surface area contributed by atoms with E-state index in [0.29, 0.717) is 12.0 Å². The fraction of sp³-hybridized carbons (Fsp3) is 0.944. The standard InChI is InChI=1S/C18H34N2O2/c1-5-15-9-6-10-16(15)19-12-14-8-7-11-20(13-14)17(21)22-18(2,3)4/h14-16,19H,5-13H2,1-4H3. The molecule has 2 fully saturated rings. The van der Waals surface area contributed by atoms with Crippen LogP contribution in [0.15, 0.2) is 0 Å². The van der Waals surface area contributed by atoms with Crippen LogP contribution in [0.1, 0.15) is 66.2 Å². The largest absolute Gasteiger partial charge is 0.444 e. The van der Waals surface area contributed by atoms with E-state index in [1.165, 1.54) is 32.1 Å². The van der Waals surface area contributed by atoms with Crippen molar-refractivity contribution in [1.82, 2.24) is 10.2 Å². The second kappa shape index (κ2) is 7.67. The Balaban J connectivity index is 1.77. The van der Waals surface area contributed by atoms with Gasteiger partial charge in [-0.3, -0.25) is 0 Å². The fourth-order valence-electron chi connectivity index (χ4n) is 3.84. The number of hydrogen-bond donors (Lipinski definition) is 1. The number of likely N-dealkylation sites (tertiary alicyclic amines) is 1. The predicted molar refractivity (Wildman–Crippen MR) is 90.0 cm³/mol. The van der Waals surface area contributed by atoms with Crippen LogP contribution in [-0.2, 0) is 4.74 Å². The van der Waals surface area contributed by atoms with E-state index in [1.807, 2.05) is 25.7 Å². The number of ether oxygens (including phenoxy) is 1. The van der Waals surface area contributed by atoms with Gasteiger partial charge in [-0.2, -0.15) is 0 Å². The molecule has 1 amide bonds. The average Bonchev–Trinajstić information content (AvgIpc) is 2.91. The first kappa shape index (κ1) is 17.6. The zero-order chi connectivity index (χ0) is 16.2. The van der Waals surface area contributed by atoms with Gasteiger partial charge < -0.3 is 15.0 Å². The van der Waals surface area contributed by atoms with E-state index in [2.05, 4.69) is 12.2 Å². The lowest BCUT2D eigenvalue weighted by Gasteiger charge is -2.35. The number of amides is 1. The first-order chi connectivity index (χ1) is 10.4. The Hall–Kier alpha value is -0.770. The number of carbonyl (C=O) groups excluding carboxylic acids is 1. The van der Waals surface area contributed by atoms with Crippen LogP contribution in [0.3, 0.4) is 0 Å². The molecule has 1 saturated heterocycles. The first-order valence-corrected chi connectivity index (χ1v) is 9.10. The van der Waals surface area contributed by atoms with E-state index in [1.54, 1.807) is 0 Å². The zero-order valence-corrected chi connectivity index (χ0v) is 14.9. The van der Waals surface area contributed by atoms with Gasteiger partial charge in [-0.05, 0) is 64.8 Å².